The van der Waals surface area contributed by atoms with Gasteiger partial charge < -0.3 is 4.98 Å². The van der Waals surface area contributed by atoms with Crippen LogP contribution in [0.1, 0.15) is 36.4 Å². The Kier molecular flexibility index (Phi) is 2.32. The monoisotopic (exact) mass is 211 g/mol. The highest BCUT2D eigenvalue weighted by Gasteiger charge is 2.22. The molecule has 0 bridgehead atoms. The van der Waals surface area contributed by atoms with E-state index in [4.69, 9.17) is 0 Å². The van der Waals surface area contributed by atoms with Crippen molar-refractivity contribution in [1.29, 1.82) is 0 Å². The number of H-pyrrole nitrogens is 1. The molecule has 1 atom stereocenters. The number of aryl methyl sites for hydroxylation is 1. The van der Waals surface area contributed by atoms with Crippen LogP contribution in [0.3, 0.4) is 0 Å². The summed E-state index contributed by atoms with van der Waals surface area (Å²) >= 11 is 0. The lowest BCUT2D eigenvalue weighted by atomic mass is 9.85. The molecule has 1 aliphatic carbocycles. The molecule has 16 heavy (non-hydrogen) atoms. The first kappa shape index (κ1) is 9.71. The van der Waals surface area contributed by atoms with Crippen molar-refractivity contribution >= 4 is 10.9 Å². The Bertz CT molecular complexity index is 521. The summed E-state index contributed by atoms with van der Waals surface area (Å²) < 4.78 is 0. The van der Waals surface area contributed by atoms with Crippen LogP contribution in [-0.4, -0.2) is 4.98 Å². The average molecular weight is 211 g/mol. The van der Waals surface area contributed by atoms with Crippen LogP contribution in [-0.2, 0) is 6.42 Å². The zero-order chi connectivity index (χ0) is 11.0. The number of hydrogen-bond acceptors (Lipinski definition) is 0. The van der Waals surface area contributed by atoms with Crippen molar-refractivity contribution in [1.82, 2.24) is 4.98 Å². The lowest BCUT2D eigenvalue weighted by Crippen LogP contribution is -2.08. The SMILES string of the molecule is C=CCC1CCCc2c1[nH]c1ccccc21. The molecule has 0 aliphatic heterocycles. The van der Waals surface area contributed by atoms with Gasteiger partial charge in [-0.2, -0.15) is 0 Å². The molecule has 0 amide bonds. The van der Waals surface area contributed by atoms with Crippen LogP contribution in [0.4, 0.5) is 0 Å². The summed E-state index contributed by atoms with van der Waals surface area (Å²) in [6.07, 6.45) is 6.98. The Morgan fingerprint density at radius 3 is 3.12 bits per heavy atom. The van der Waals surface area contributed by atoms with E-state index in [2.05, 4.69) is 35.8 Å². The van der Waals surface area contributed by atoms with E-state index in [-0.39, 0.29) is 0 Å². The molecule has 0 radical (unpaired) electrons. The van der Waals surface area contributed by atoms with E-state index in [0.29, 0.717) is 5.92 Å². The fourth-order valence-corrected chi connectivity index (χ4v) is 2.95. The van der Waals surface area contributed by atoms with Gasteiger partial charge in [-0.15, -0.1) is 6.58 Å². The van der Waals surface area contributed by atoms with Gasteiger partial charge in [-0.05, 0) is 37.3 Å². The first-order valence-corrected chi connectivity index (χ1v) is 6.10. The summed E-state index contributed by atoms with van der Waals surface area (Å²) in [5.74, 6) is 0.661. The largest absolute Gasteiger partial charge is 0.358 e. The minimum Gasteiger partial charge on any atom is -0.358 e. The molecule has 1 aromatic carbocycles. The predicted molar refractivity (Wildman–Crippen MR) is 68.8 cm³/mol. The quantitative estimate of drug-likeness (QED) is 0.718. The number of allylic oxidation sites excluding steroid dienone is 1. The topological polar surface area (TPSA) is 15.8 Å². The maximum atomic E-state index is 3.87. The van der Waals surface area contributed by atoms with Crippen molar-refractivity contribution in [3.8, 4) is 0 Å². The fraction of sp³-hybridized carbons (Fsp3) is 0.333. The maximum Gasteiger partial charge on any atom is 0.0459 e. The van der Waals surface area contributed by atoms with Crippen LogP contribution in [0.15, 0.2) is 36.9 Å². The molecule has 1 N–H and O–H groups in total. The van der Waals surface area contributed by atoms with Crippen molar-refractivity contribution in [2.45, 2.75) is 31.6 Å². The second-order valence-electron chi connectivity index (χ2n) is 4.68. The van der Waals surface area contributed by atoms with Gasteiger partial charge in [-0.1, -0.05) is 24.3 Å². The van der Waals surface area contributed by atoms with E-state index < -0.39 is 0 Å². The minimum atomic E-state index is 0.661. The molecular formula is C15H17N. The van der Waals surface area contributed by atoms with E-state index >= 15 is 0 Å². The molecule has 0 fully saturated rings. The number of aromatic nitrogens is 1. The first-order chi connectivity index (χ1) is 7.90. The van der Waals surface area contributed by atoms with Gasteiger partial charge in [0, 0.05) is 22.5 Å². The third kappa shape index (κ3) is 1.39. The van der Waals surface area contributed by atoms with Gasteiger partial charge in [-0.25, -0.2) is 0 Å². The van der Waals surface area contributed by atoms with E-state index in [0.717, 1.165) is 6.42 Å². The van der Waals surface area contributed by atoms with Crippen molar-refractivity contribution in [3.63, 3.8) is 0 Å². The molecule has 3 rings (SSSR count). The van der Waals surface area contributed by atoms with Gasteiger partial charge in [0.05, 0.1) is 0 Å². The van der Waals surface area contributed by atoms with E-state index in [1.54, 1.807) is 5.56 Å². The standard InChI is InChI=1S/C15H17N/c1-2-6-11-7-5-9-13-12-8-3-4-10-14(12)16-15(11)13/h2-4,8,10-11,16H,1,5-7,9H2. The zero-order valence-corrected chi connectivity index (χ0v) is 9.50. The fourth-order valence-electron chi connectivity index (χ4n) is 2.95. The number of benzene rings is 1. The van der Waals surface area contributed by atoms with Crippen molar-refractivity contribution in [3.05, 3.63) is 48.2 Å². The van der Waals surface area contributed by atoms with E-state index in [9.17, 15) is 0 Å². The molecule has 1 heterocycles. The normalized spacial score (nSPS) is 19.6. The molecule has 2 aromatic rings. The summed E-state index contributed by atoms with van der Waals surface area (Å²) in [4.78, 5) is 3.60. The lowest BCUT2D eigenvalue weighted by Gasteiger charge is -2.21. The third-order valence-corrected chi connectivity index (χ3v) is 3.69. The molecule has 1 unspecified atom stereocenters. The van der Waals surface area contributed by atoms with Gasteiger partial charge >= 0.3 is 0 Å². The predicted octanol–water partition coefficient (Wildman–Crippen LogP) is 4.16. The molecule has 1 aromatic heterocycles. The molecule has 1 nitrogen and oxygen atoms in total. The number of para-hydroxylation sites is 1. The Labute approximate surface area is 96.2 Å². The number of fused-ring (bicyclic) bond motifs is 3. The molecular weight excluding hydrogens is 194 g/mol. The number of hydrogen-bond donors (Lipinski definition) is 1. The van der Waals surface area contributed by atoms with Crippen LogP contribution in [0.25, 0.3) is 10.9 Å². The molecule has 1 heteroatoms. The van der Waals surface area contributed by atoms with Crippen LogP contribution in [0.2, 0.25) is 0 Å². The number of nitrogens with one attached hydrogen (secondary N) is 1. The van der Waals surface area contributed by atoms with E-state index in [1.807, 2.05) is 6.08 Å². The van der Waals surface area contributed by atoms with Crippen molar-refractivity contribution < 1.29 is 0 Å². The Morgan fingerprint density at radius 2 is 2.25 bits per heavy atom. The van der Waals surface area contributed by atoms with Gasteiger partial charge in [0.2, 0.25) is 0 Å². The second kappa shape index (κ2) is 3.82. The number of aromatic amines is 1. The minimum absolute atomic E-state index is 0.661. The number of rotatable bonds is 2. The summed E-state index contributed by atoms with van der Waals surface area (Å²) in [7, 11) is 0. The summed E-state index contributed by atoms with van der Waals surface area (Å²) in [5.41, 5.74) is 4.31. The Hall–Kier alpha value is -1.50. The van der Waals surface area contributed by atoms with Gasteiger partial charge in [-0.3, -0.25) is 0 Å². The second-order valence-corrected chi connectivity index (χ2v) is 4.68. The van der Waals surface area contributed by atoms with Gasteiger partial charge in [0.25, 0.3) is 0 Å². The summed E-state index contributed by atoms with van der Waals surface area (Å²) in [5, 5.41) is 1.42. The highest BCUT2D eigenvalue weighted by Crippen LogP contribution is 2.37. The smallest absolute Gasteiger partial charge is 0.0459 e. The summed E-state index contributed by atoms with van der Waals surface area (Å²) in [6.45, 7) is 3.87. The molecule has 0 spiro atoms. The lowest BCUT2D eigenvalue weighted by molar-refractivity contribution is 0.550. The first-order valence-electron chi connectivity index (χ1n) is 6.10. The molecule has 1 aliphatic rings. The van der Waals surface area contributed by atoms with Gasteiger partial charge in [0.1, 0.15) is 0 Å². The molecule has 0 saturated heterocycles. The highest BCUT2D eigenvalue weighted by atomic mass is 14.7. The highest BCUT2D eigenvalue weighted by molar-refractivity contribution is 5.85. The maximum absolute atomic E-state index is 3.87. The average Bonchev–Trinajstić information content (AvgIpc) is 2.69. The Balaban J connectivity index is 2.17. The van der Waals surface area contributed by atoms with Crippen LogP contribution in [0, 0.1) is 0 Å². The molecule has 82 valence electrons. The zero-order valence-electron chi connectivity index (χ0n) is 9.50. The van der Waals surface area contributed by atoms with Crippen LogP contribution in [0.5, 0.6) is 0 Å². The summed E-state index contributed by atoms with van der Waals surface area (Å²) in [6, 6.07) is 8.65. The molecule has 0 saturated carbocycles. The van der Waals surface area contributed by atoms with Crippen LogP contribution < -0.4 is 0 Å². The van der Waals surface area contributed by atoms with Crippen molar-refractivity contribution in [2.24, 2.45) is 0 Å². The van der Waals surface area contributed by atoms with Crippen LogP contribution >= 0.6 is 0 Å². The van der Waals surface area contributed by atoms with Crippen molar-refractivity contribution in [2.75, 3.05) is 0 Å². The third-order valence-electron chi connectivity index (χ3n) is 3.69. The Morgan fingerprint density at radius 1 is 1.38 bits per heavy atom. The van der Waals surface area contributed by atoms with Gasteiger partial charge in [0.15, 0.2) is 0 Å². The van der Waals surface area contributed by atoms with E-state index in [1.165, 1.54) is 35.9 Å².